The van der Waals surface area contributed by atoms with Crippen molar-refractivity contribution in [2.24, 2.45) is 0 Å². The van der Waals surface area contributed by atoms with Crippen LogP contribution in [-0.2, 0) is 9.98 Å². The Morgan fingerprint density at radius 1 is 0.611 bits per heavy atom. The van der Waals surface area contributed by atoms with Crippen LogP contribution in [0.5, 0.6) is 0 Å². The van der Waals surface area contributed by atoms with E-state index in [2.05, 4.69) is 67.3 Å². The Hall–Kier alpha value is -3.94. The summed E-state index contributed by atoms with van der Waals surface area (Å²) in [4.78, 5) is 7.02. The molecule has 0 saturated carbocycles. The number of para-hydroxylation sites is 2. The third kappa shape index (κ3) is 3.43. The number of fused-ring (bicyclic) bond motifs is 2. The molecule has 1 aliphatic rings. The van der Waals surface area contributed by atoms with Crippen molar-refractivity contribution < 1.29 is 4.57 Å². The normalized spacial score (nSPS) is 14.1. The topological polar surface area (TPSA) is 33.2 Å². The predicted octanol–water partition coefficient (Wildman–Crippen LogP) is 6.83. The third-order valence-corrected chi connectivity index (χ3v) is 10.3. The highest BCUT2D eigenvalue weighted by Gasteiger charge is 2.37. The van der Waals surface area contributed by atoms with E-state index in [-0.39, 0.29) is 5.41 Å². The van der Waals surface area contributed by atoms with E-state index in [1.165, 1.54) is 11.1 Å². The van der Waals surface area contributed by atoms with Crippen LogP contribution in [0.25, 0.3) is 0 Å². The zero-order valence-electron chi connectivity index (χ0n) is 20.4. The smallest absolute Gasteiger partial charge is 0.171 e. The van der Waals surface area contributed by atoms with Gasteiger partial charge in [0.1, 0.15) is 5.82 Å². The molecule has 176 valence electrons. The molecule has 0 amide bonds. The lowest BCUT2D eigenvalue weighted by Gasteiger charge is -2.41. The fraction of sp³-hybridized carbons (Fsp3) is 0.0938. The second kappa shape index (κ2) is 8.62. The van der Waals surface area contributed by atoms with Gasteiger partial charge in [0.15, 0.2) is 7.14 Å². The molecule has 1 aliphatic heterocycles. The van der Waals surface area contributed by atoms with Gasteiger partial charge in [-0.05, 0) is 35.4 Å². The van der Waals surface area contributed by atoms with Crippen LogP contribution in [0, 0.1) is 0 Å². The van der Waals surface area contributed by atoms with Crippen LogP contribution in [0.4, 0.5) is 17.2 Å². The summed E-state index contributed by atoms with van der Waals surface area (Å²) in [5.41, 5.74) is 4.53. The maximum absolute atomic E-state index is 15.0. The molecule has 0 atom stereocenters. The highest BCUT2D eigenvalue weighted by molar-refractivity contribution is 7.85. The molecule has 0 fully saturated rings. The second-order valence-corrected chi connectivity index (χ2v) is 12.4. The summed E-state index contributed by atoms with van der Waals surface area (Å²) in [6.45, 7) is 4.54. The van der Waals surface area contributed by atoms with Crippen LogP contribution in [0.2, 0.25) is 0 Å². The van der Waals surface area contributed by atoms with Crippen LogP contribution in [0.3, 0.4) is 0 Å². The zero-order valence-corrected chi connectivity index (χ0v) is 21.3. The van der Waals surface area contributed by atoms with E-state index < -0.39 is 7.14 Å². The Morgan fingerprint density at radius 3 is 1.61 bits per heavy atom. The molecule has 3 nitrogen and oxygen atoms in total. The van der Waals surface area contributed by atoms with Gasteiger partial charge in [-0.3, -0.25) is 4.90 Å². The first-order chi connectivity index (χ1) is 17.5. The van der Waals surface area contributed by atoms with Gasteiger partial charge >= 0.3 is 0 Å². The summed E-state index contributed by atoms with van der Waals surface area (Å²) in [6.07, 6.45) is 1.79. The summed E-state index contributed by atoms with van der Waals surface area (Å²) >= 11 is 0. The molecule has 2 heterocycles. The van der Waals surface area contributed by atoms with Crippen molar-refractivity contribution in [3.8, 4) is 0 Å². The molecule has 6 rings (SSSR count). The average molecular weight is 487 g/mol. The fourth-order valence-corrected chi connectivity index (χ4v) is 8.02. The SMILES string of the molecule is CC1(C)c2ccccc2N(c2cc(P(=O)(c3ccccc3)c3ccccc3)ccn2)c2ccccc21. The monoisotopic (exact) mass is 486 g/mol. The van der Waals surface area contributed by atoms with E-state index in [0.29, 0.717) is 0 Å². The minimum absolute atomic E-state index is 0.148. The molecule has 0 bridgehead atoms. The van der Waals surface area contributed by atoms with Crippen LogP contribution < -0.4 is 20.8 Å². The summed E-state index contributed by atoms with van der Waals surface area (Å²) < 4.78 is 15.0. The third-order valence-electron chi connectivity index (χ3n) is 7.20. The van der Waals surface area contributed by atoms with Crippen LogP contribution >= 0.6 is 7.14 Å². The van der Waals surface area contributed by atoms with Crippen molar-refractivity contribution in [2.75, 3.05) is 4.90 Å². The summed E-state index contributed by atoms with van der Waals surface area (Å²) in [7, 11) is -3.12. The maximum atomic E-state index is 15.0. The first-order valence-corrected chi connectivity index (χ1v) is 13.9. The van der Waals surface area contributed by atoms with Crippen LogP contribution in [-0.4, -0.2) is 4.98 Å². The van der Waals surface area contributed by atoms with E-state index in [4.69, 9.17) is 4.98 Å². The predicted molar refractivity (Wildman–Crippen MR) is 150 cm³/mol. The number of anilines is 3. The van der Waals surface area contributed by atoms with Gasteiger partial charge in [-0.25, -0.2) is 4.98 Å². The number of nitrogens with zero attached hydrogens (tertiary/aromatic N) is 2. The van der Waals surface area contributed by atoms with Gasteiger partial charge in [-0.1, -0.05) is 111 Å². The van der Waals surface area contributed by atoms with Gasteiger partial charge in [0.25, 0.3) is 0 Å². The van der Waals surface area contributed by atoms with Crippen molar-refractivity contribution in [1.29, 1.82) is 0 Å². The van der Waals surface area contributed by atoms with Crippen molar-refractivity contribution in [2.45, 2.75) is 19.3 Å². The molecule has 0 saturated heterocycles. The largest absolute Gasteiger partial charge is 0.309 e. The number of hydrogen-bond acceptors (Lipinski definition) is 3. The minimum atomic E-state index is -3.12. The maximum Gasteiger partial charge on any atom is 0.171 e. The van der Waals surface area contributed by atoms with Gasteiger partial charge < -0.3 is 4.57 Å². The van der Waals surface area contributed by atoms with Gasteiger partial charge in [-0.2, -0.15) is 0 Å². The van der Waals surface area contributed by atoms with Gasteiger partial charge in [-0.15, -0.1) is 0 Å². The first kappa shape index (κ1) is 22.5. The Labute approximate surface area is 212 Å². The summed E-state index contributed by atoms with van der Waals surface area (Å²) in [5.74, 6) is 0.759. The van der Waals surface area contributed by atoms with Gasteiger partial charge in [0.05, 0.1) is 11.4 Å². The summed E-state index contributed by atoms with van der Waals surface area (Å²) in [6, 6.07) is 40.5. The van der Waals surface area contributed by atoms with Crippen molar-refractivity contribution >= 4 is 40.2 Å². The standard InChI is InChI=1S/C32H27N2OP/c1-32(2)27-17-9-11-19-29(27)34(30-20-12-10-18-28(30)32)31-23-26(21-22-33-31)36(35,24-13-5-3-6-14-24)25-15-7-4-8-16-25/h3-23H,1-2H3. The van der Waals surface area contributed by atoms with E-state index in [9.17, 15) is 0 Å². The number of hydrogen-bond donors (Lipinski definition) is 0. The molecule has 0 spiro atoms. The highest BCUT2D eigenvalue weighted by atomic mass is 31.2. The molecule has 4 heteroatoms. The molecule has 0 unspecified atom stereocenters. The summed E-state index contributed by atoms with van der Waals surface area (Å²) in [5, 5.41) is 2.40. The number of rotatable bonds is 4. The molecule has 0 N–H and O–H groups in total. The molecular weight excluding hydrogens is 459 g/mol. The number of pyridine rings is 1. The molecule has 5 aromatic rings. The van der Waals surface area contributed by atoms with Crippen molar-refractivity contribution in [3.05, 3.63) is 139 Å². The molecule has 36 heavy (non-hydrogen) atoms. The van der Waals surface area contributed by atoms with Gasteiger partial charge in [0.2, 0.25) is 0 Å². The first-order valence-electron chi connectivity index (χ1n) is 12.2. The molecule has 0 radical (unpaired) electrons. The lowest BCUT2D eigenvalue weighted by atomic mass is 9.73. The molecule has 4 aromatic carbocycles. The van der Waals surface area contributed by atoms with Crippen LogP contribution in [0.1, 0.15) is 25.0 Å². The second-order valence-electron chi connectivity index (χ2n) is 9.65. The molecule has 1 aromatic heterocycles. The molecule has 0 aliphatic carbocycles. The Kier molecular flexibility index (Phi) is 5.39. The van der Waals surface area contributed by atoms with Crippen molar-refractivity contribution in [1.82, 2.24) is 4.98 Å². The van der Waals surface area contributed by atoms with Crippen LogP contribution in [0.15, 0.2) is 128 Å². The van der Waals surface area contributed by atoms with Gasteiger partial charge in [0, 0.05) is 27.5 Å². The zero-order chi connectivity index (χ0) is 24.8. The van der Waals surface area contributed by atoms with E-state index in [1.54, 1.807) is 6.20 Å². The molecular formula is C32H27N2OP. The van der Waals surface area contributed by atoms with E-state index in [1.807, 2.05) is 72.8 Å². The quantitative estimate of drug-likeness (QED) is 0.261. The fourth-order valence-electron chi connectivity index (χ4n) is 5.36. The average Bonchev–Trinajstić information content (AvgIpc) is 2.94. The van der Waals surface area contributed by atoms with Crippen molar-refractivity contribution in [3.63, 3.8) is 0 Å². The minimum Gasteiger partial charge on any atom is -0.309 e. The lowest BCUT2D eigenvalue weighted by molar-refractivity contribution is 0.592. The Bertz CT molecular complexity index is 1500. The Balaban J connectivity index is 1.59. The lowest BCUT2D eigenvalue weighted by Crippen LogP contribution is -2.31. The number of aromatic nitrogens is 1. The highest BCUT2D eigenvalue weighted by Crippen LogP contribution is 2.51. The number of benzene rings is 4. The van der Waals surface area contributed by atoms with E-state index >= 15 is 4.57 Å². The van der Waals surface area contributed by atoms with E-state index in [0.717, 1.165) is 33.1 Å². The Morgan fingerprint density at radius 2 is 1.08 bits per heavy atom.